The first kappa shape index (κ1) is 28.2. The Bertz CT molecular complexity index is 1190. The van der Waals surface area contributed by atoms with E-state index in [1.165, 1.54) is 6.20 Å². The number of carbonyl (C=O) groups excluding carboxylic acids is 3. The van der Waals surface area contributed by atoms with Crippen molar-refractivity contribution in [3.8, 4) is 5.75 Å². The summed E-state index contributed by atoms with van der Waals surface area (Å²) in [7, 11) is 1.69. The molecule has 0 aromatic carbocycles. The maximum Gasteiger partial charge on any atom is 0.415 e. The fourth-order valence-electron chi connectivity index (χ4n) is 5.89. The highest BCUT2D eigenvalue weighted by Gasteiger charge is 2.49. The first-order valence-electron chi connectivity index (χ1n) is 13.4. The van der Waals surface area contributed by atoms with Crippen LogP contribution < -0.4 is 4.74 Å². The van der Waals surface area contributed by atoms with Gasteiger partial charge < -0.3 is 19.4 Å². The van der Waals surface area contributed by atoms with E-state index >= 15 is 0 Å². The third-order valence-electron chi connectivity index (χ3n) is 8.70. The zero-order valence-electron chi connectivity index (χ0n) is 22.1. The number of hydrogen-bond acceptors (Lipinski definition) is 5. The second-order valence-electron chi connectivity index (χ2n) is 11.4. The summed E-state index contributed by atoms with van der Waals surface area (Å²) < 4.78 is 5.55. The van der Waals surface area contributed by atoms with Crippen molar-refractivity contribution in [1.29, 1.82) is 0 Å². The molecule has 1 unspecified atom stereocenters. The molecule has 0 bridgehead atoms. The van der Waals surface area contributed by atoms with Gasteiger partial charge in [-0.2, -0.15) is 0 Å². The summed E-state index contributed by atoms with van der Waals surface area (Å²) in [6.45, 7) is 4.13. The fourth-order valence-corrected chi connectivity index (χ4v) is 6.39. The van der Waals surface area contributed by atoms with Crippen molar-refractivity contribution in [2.24, 2.45) is 23.2 Å². The second-order valence-corrected chi connectivity index (χ2v) is 12.6. The van der Waals surface area contributed by atoms with E-state index in [4.69, 9.17) is 39.5 Å². The Morgan fingerprint density at radius 1 is 1.08 bits per heavy atom. The Morgan fingerprint density at radius 2 is 1.79 bits per heavy atom. The molecule has 0 radical (unpaired) electrons. The first-order chi connectivity index (χ1) is 18.6. The van der Waals surface area contributed by atoms with Gasteiger partial charge in [-0.1, -0.05) is 47.8 Å². The second kappa shape index (κ2) is 11.3. The summed E-state index contributed by atoms with van der Waals surface area (Å²) in [4.78, 5) is 48.9. The van der Waals surface area contributed by atoms with Crippen molar-refractivity contribution in [2.45, 2.75) is 45.1 Å². The Balaban J connectivity index is 1.27. The van der Waals surface area contributed by atoms with Crippen LogP contribution in [-0.4, -0.2) is 76.9 Å². The summed E-state index contributed by atoms with van der Waals surface area (Å²) in [6.07, 6.45) is 8.43. The monoisotopic (exact) mass is 594 g/mol. The quantitative estimate of drug-likeness (QED) is 0.432. The molecule has 3 heterocycles. The molecule has 3 fully saturated rings. The van der Waals surface area contributed by atoms with Crippen LogP contribution in [-0.2, 0) is 9.59 Å². The van der Waals surface area contributed by atoms with Gasteiger partial charge in [-0.25, -0.2) is 9.78 Å². The molecule has 0 spiro atoms. The first-order valence-corrected chi connectivity index (χ1v) is 14.6. The Hall–Kier alpha value is -2.29. The average Bonchev–Trinajstić information content (AvgIpc) is 3.53. The van der Waals surface area contributed by atoms with Gasteiger partial charge in [0.05, 0.1) is 17.3 Å². The van der Waals surface area contributed by atoms with Gasteiger partial charge in [-0.05, 0) is 56.2 Å². The number of piperidine rings is 1. The number of amides is 3. The molecule has 0 N–H and O–H groups in total. The lowest BCUT2D eigenvalue weighted by molar-refractivity contribution is -0.142. The lowest BCUT2D eigenvalue weighted by Crippen LogP contribution is -2.47. The molecule has 3 amide bonds. The number of rotatable bonds is 5. The summed E-state index contributed by atoms with van der Waals surface area (Å²) in [6, 6.07) is 2.85. The molecule has 1 saturated carbocycles. The standard InChI is InChI=1S/C28H33Cl3N4O4/c1-28(9-10-28)26(37)34-11-7-17(8-12-34)25(36)35-15-20(18-3-5-21(29)22(30)13-18)23(16-35)33(2)27(38)39-19-4-6-24(31)32-14-19/h3-6,14,17-18,20,23H,7-13,15-16H2,1-2H3/t18?,20-,23+/m0/s1. The van der Waals surface area contributed by atoms with Gasteiger partial charge in [0.1, 0.15) is 5.15 Å². The van der Waals surface area contributed by atoms with Gasteiger partial charge in [-0.3, -0.25) is 9.59 Å². The van der Waals surface area contributed by atoms with Gasteiger partial charge in [-0.15, -0.1) is 0 Å². The Morgan fingerprint density at radius 3 is 2.41 bits per heavy atom. The molecule has 2 saturated heterocycles. The number of allylic oxidation sites excluding steroid dienone is 4. The SMILES string of the molecule is CN(C(=O)Oc1ccc(Cl)nc1)[C@@H]1CN(C(=O)C2CCN(C(=O)C3(C)CC3)CC2)C[C@H]1C1C=CC(Cl)=C(Cl)C1. The highest BCUT2D eigenvalue weighted by Crippen LogP contribution is 2.47. The van der Waals surface area contributed by atoms with Crippen molar-refractivity contribution in [2.75, 3.05) is 33.2 Å². The highest BCUT2D eigenvalue weighted by atomic mass is 35.5. The van der Waals surface area contributed by atoms with E-state index < -0.39 is 6.09 Å². The van der Waals surface area contributed by atoms with E-state index in [0.717, 1.165) is 12.8 Å². The molecule has 2 aliphatic heterocycles. The summed E-state index contributed by atoms with van der Waals surface area (Å²) in [5.74, 6) is 0.400. The maximum atomic E-state index is 13.7. The molecule has 39 heavy (non-hydrogen) atoms. The molecule has 1 aromatic rings. The van der Waals surface area contributed by atoms with E-state index in [9.17, 15) is 14.4 Å². The largest absolute Gasteiger partial charge is 0.415 e. The van der Waals surface area contributed by atoms with E-state index in [-0.39, 0.29) is 46.8 Å². The zero-order chi connectivity index (χ0) is 27.9. The van der Waals surface area contributed by atoms with E-state index in [0.29, 0.717) is 60.7 Å². The van der Waals surface area contributed by atoms with Crippen LogP contribution in [0.1, 0.15) is 39.0 Å². The Labute approximate surface area is 243 Å². The van der Waals surface area contributed by atoms with Crippen molar-refractivity contribution < 1.29 is 19.1 Å². The lowest BCUT2D eigenvalue weighted by atomic mass is 9.83. The number of nitrogens with zero attached hydrogens (tertiary/aromatic N) is 4. The zero-order valence-corrected chi connectivity index (χ0v) is 24.4. The summed E-state index contributed by atoms with van der Waals surface area (Å²) >= 11 is 18.5. The smallest absolute Gasteiger partial charge is 0.409 e. The van der Waals surface area contributed by atoms with Crippen LogP contribution in [0.25, 0.3) is 0 Å². The maximum absolute atomic E-state index is 13.7. The van der Waals surface area contributed by atoms with Crippen molar-refractivity contribution in [1.82, 2.24) is 19.7 Å². The van der Waals surface area contributed by atoms with Crippen molar-refractivity contribution >= 4 is 52.7 Å². The molecular formula is C28H33Cl3N4O4. The van der Waals surface area contributed by atoms with E-state index in [1.807, 2.05) is 22.8 Å². The van der Waals surface area contributed by atoms with Crippen LogP contribution >= 0.6 is 34.8 Å². The van der Waals surface area contributed by atoms with Gasteiger partial charge in [0, 0.05) is 55.5 Å². The molecule has 2 aliphatic carbocycles. The van der Waals surface area contributed by atoms with Crippen LogP contribution in [0.15, 0.2) is 40.5 Å². The van der Waals surface area contributed by atoms with Crippen LogP contribution in [0, 0.1) is 23.2 Å². The lowest BCUT2D eigenvalue weighted by Gasteiger charge is -2.34. The van der Waals surface area contributed by atoms with Gasteiger partial charge in [0.15, 0.2) is 5.75 Å². The minimum absolute atomic E-state index is 0.00834. The van der Waals surface area contributed by atoms with E-state index in [1.54, 1.807) is 30.2 Å². The molecule has 5 rings (SSSR count). The third kappa shape index (κ3) is 6.08. The highest BCUT2D eigenvalue weighted by molar-refractivity contribution is 6.40. The molecular weight excluding hydrogens is 563 g/mol. The molecule has 8 nitrogen and oxygen atoms in total. The number of halogens is 3. The number of likely N-dealkylation sites (tertiary alicyclic amines) is 2. The molecule has 4 aliphatic rings. The number of hydrogen-bond donors (Lipinski definition) is 0. The number of carbonyl (C=O) groups is 3. The van der Waals surface area contributed by atoms with Crippen molar-refractivity contribution in [3.05, 3.63) is 45.7 Å². The minimum Gasteiger partial charge on any atom is -0.409 e. The van der Waals surface area contributed by atoms with E-state index in [2.05, 4.69) is 4.98 Å². The van der Waals surface area contributed by atoms with Crippen LogP contribution in [0.2, 0.25) is 5.15 Å². The number of aromatic nitrogens is 1. The molecule has 11 heteroatoms. The molecule has 1 aromatic heterocycles. The summed E-state index contributed by atoms with van der Waals surface area (Å²) in [5, 5.41) is 1.39. The number of pyridine rings is 1. The number of likely N-dealkylation sites (N-methyl/N-ethyl adjacent to an activating group) is 1. The van der Waals surface area contributed by atoms with Crippen LogP contribution in [0.3, 0.4) is 0 Å². The predicted molar refractivity (Wildman–Crippen MR) is 150 cm³/mol. The summed E-state index contributed by atoms with van der Waals surface area (Å²) in [5.41, 5.74) is -0.195. The number of ether oxygens (including phenoxy) is 1. The van der Waals surface area contributed by atoms with Gasteiger partial charge >= 0.3 is 6.09 Å². The topological polar surface area (TPSA) is 83.1 Å². The van der Waals surface area contributed by atoms with Gasteiger partial charge in [0.25, 0.3) is 0 Å². The van der Waals surface area contributed by atoms with Crippen LogP contribution in [0.5, 0.6) is 5.75 Å². The minimum atomic E-state index is -0.539. The van der Waals surface area contributed by atoms with Gasteiger partial charge in [0.2, 0.25) is 11.8 Å². The predicted octanol–water partition coefficient (Wildman–Crippen LogP) is 5.30. The molecule has 210 valence electrons. The van der Waals surface area contributed by atoms with Crippen molar-refractivity contribution in [3.63, 3.8) is 0 Å². The normalized spacial score (nSPS) is 26.5. The fraction of sp³-hybridized carbons (Fsp3) is 0.571. The third-order valence-corrected chi connectivity index (χ3v) is 9.73. The van der Waals surface area contributed by atoms with Crippen LogP contribution in [0.4, 0.5) is 4.79 Å². The molecule has 3 atom stereocenters. The Kier molecular flexibility index (Phi) is 8.18. The average molecular weight is 596 g/mol.